The number of carbonyl (C=O) groups is 1. The Kier molecular flexibility index (Phi) is 4.72. The molecule has 0 aromatic carbocycles. The summed E-state index contributed by atoms with van der Waals surface area (Å²) in [5, 5.41) is 3.16. The van der Waals surface area contributed by atoms with Gasteiger partial charge in [0.1, 0.15) is 5.82 Å². The minimum atomic E-state index is 0.0480. The minimum absolute atomic E-state index is 0.0480. The van der Waals surface area contributed by atoms with Crippen LogP contribution in [0, 0.1) is 17.8 Å². The van der Waals surface area contributed by atoms with Gasteiger partial charge in [0.05, 0.1) is 5.56 Å². The lowest BCUT2D eigenvalue weighted by Gasteiger charge is -2.29. The minimum Gasteiger partial charge on any atom is -0.356 e. The lowest BCUT2D eigenvalue weighted by atomic mass is 9.86. The summed E-state index contributed by atoms with van der Waals surface area (Å²) in [6, 6.07) is 3.79. The molecule has 1 amide bonds. The molecule has 1 aliphatic heterocycles. The third kappa shape index (κ3) is 3.28. The van der Waals surface area contributed by atoms with Gasteiger partial charge in [-0.25, -0.2) is 4.98 Å². The van der Waals surface area contributed by atoms with E-state index in [1.54, 1.807) is 6.20 Å². The summed E-state index contributed by atoms with van der Waals surface area (Å²) in [7, 11) is 0. The highest BCUT2D eigenvalue weighted by Crippen LogP contribution is 2.49. The van der Waals surface area contributed by atoms with E-state index in [9.17, 15) is 4.79 Å². The molecule has 4 nitrogen and oxygen atoms in total. The Morgan fingerprint density at radius 1 is 1.21 bits per heavy atom. The largest absolute Gasteiger partial charge is 0.356 e. The van der Waals surface area contributed by atoms with Crippen molar-refractivity contribution in [3.05, 3.63) is 23.9 Å². The molecule has 3 aliphatic rings. The SMILES string of the molecule is O=C(NCC[C@@H]1C[C@H]2CC[C@H]1C2)c1cccnc1N1CCCCC1. The molecule has 4 rings (SSSR count). The van der Waals surface area contributed by atoms with E-state index in [1.165, 1.54) is 44.9 Å². The van der Waals surface area contributed by atoms with Gasteiger partial charge >= 0.3 is 0 Å². The maximum Gasteiger partial charge on any atom is 0.255 e. The van der Waals surface area contributed by atoms with Crippen LogP contribution in [-0.4, -0.2) is 30.5 Å². The second-order valence-corrected chi connectivity index (χ2v) is 7.90. The first-order valence-corrected chi connectivity index (χ1v) is 9.79. The fraction of sp³-hybridized carbons (Fsp3) is 0.700. The fourth-order valence-corrected chi connectivity index (χ4v) is 5.13. The number of amides is 1. The van der Waals surface area contributed by atoms with Crippen molar-refractivity contribution < 1.29 is 4.79 Å². The number of nitrogens with zero attached hydrogens (tertiary/aromatic N) is 2. The molecule has 2 aliphatic carbocycles. The summed E-state index contributed by atoms with van der Waals surface area (Å²) in [5.74, 6) is 3.69. The summed E-state index contributed by atoms with van der Waals surface area (Å²) in [6.45, 7) is 2.84. The van der Waals surface area contributed by atoms with Gasteiger partial charge in [0.2, 0.25) is 0 Å². The van der Waals surface area contributed by atoms with Crippen LogP contribution in [0.3, 0.4) is 0 Å². The van der Waals surface area contributed by atoms with Crippen molar-refractivity contribution in [2.24, 2.45) is 17.8 Å². The third-order valence-electron chi connectivity index (χ3n) is 6.37. The zero-order valence-electron chi connectivity index (χ0n) is 14.5. The Balaban J connectivity index is 1.34. The Hall–Kier alpha value is -1.58. The van der Waals surface area contributed by atoms with Gasteiger partial charge in [0, 0.05) is 25.8 Å². The van der Waals surface area contributed by atoms with Crippen molar-refractivity contribution in [1.82, 2.24) is 10.3 Å². The van der Waals surface area contributed by atoms with Crippen LogP contribution in [-0.2, 0) is 0 Å². The molecule has 0 spiro atoms. The van der Waals surface area contributed by atoms with Crippen molar-refractivity contribution >= 4 is 11.7 Å². The molecule has 1 saturated heterocycles. The van der Waals surface area contributed by atoms with E-state index < -0.39 is 0 Å². The van der Waals surface area contributed by atoms with Crippen molar-refractivity contribution in [2.45, 2.75) is 51.4 Å². The van der Waals surface area contributed by atoms with Gasteiger partial charge in [-0.3, -0.25) is 4.79 Å². The number of nitrogens with one attached hydrogen (secondary N) is 1. The molecule has 1 aromatic heterocycles. The maximum absolute atomic E-state index is 12.7. The normalized spacial score (nSPS) is 29.0. The maximum atomic E-state index is 12.7. The molecule has 2 heterocycles. The second-order valence-electron chi connectivity index (χ2n) is 7.90. The Morgan fingerprint density at radius 2 is 2.08 bits per heavy atom. The molecule has 3 atom stereocenters. The summed E-state index contributed by atoms with van der Waals surface area (Å²) in [5.41, 5.74) is 0.743. The fourth-order valence-electron chi connectivity index (χ4n) is 5.13. The average Bonchev–Trinajstić information content (AvgIpc) is 3.25. The third-order valence-corrected chi connectivity index (χ3v) is 6.37. The second kappa shape index (κ2) is 7.12. The molecular weight excluding hydrogens is 298 g/mol. The number of carbonyl (C=O) groups excluding carboxylic acids is 1. The molecule has 0 unspecified atom stereocenters. The zero-order chi connectivity index (χ0) is 16.4. The van der Waals surface area contributed by atoms with Crippen LogP contribution in [0.5, 0.6) is 0 Å². The Labute approximate surface area is 145 Å². The van der Waals surface area contributed by atoms with Gasteiger partial charge in [0.25, 0.3) is 5.91 Å². The molecule has 24 heavy (non-hydrogen) atoms. The summed E-state index contributed by atoms with van der Waals surface area (Å²) in [6.07, 6.45) is 12.3. The van der Waals surface area contributed by atoms with Gasteiger partial charge in [-0.1, -0.05) is 6.42 Å². The van der Waals surface area contributed by atoms with Gasteiger partial charge < -0.3 is 10.2 Å². The van der Waals surface area contributed by atoms with Crippen LogP contribution in [0.2, 0.25) is 0 Å². The predicted molar refractivity (Wildman–Crippen MR) is 96.2 cm³/mol. The van der Waals surface area contributed by atoms with E-state index in [4.69, 9.17) is 0 Å². The number of rotatable bonds is 5. The Morgan fingerprint density at radius 3 is 2.83 bits per heavy atom. The van der Waals surface area contributed by atoms with E-state index in [-0.39, 0.29) is 5.91 Å². The number of hydrogen-bond acceptors (Lipinski definition) is 3. The number of piperidine rings is 1. The highest BCUT2D eigenvalue weighted by molar-refractivity contribution is 5.98. The molecule has 1 aromatic rings. The lowest BCUT2D eigenvalue weighted by Crippen LogP contribution is -2.34. The Bertz CT molecular complexity index is 582. The predicted octanol–water partition coefficient (Wildman–Crippen LogP) is 3.63. The number of aromatic nitrogens is 1. The molecule has 0 radical (unpaired) electrons. The van der Waals surface area contributed by atoms with Crippen LogP contribution in [0.4, 0.5) is 5.82 Å². The van der Waals surface area contributed by atoms with Gasteiger partial charge in [0.15, 0.2) is 0 Å². The highest BCUT2D eigenvalue weighted by atomic mass is 16.1. The molecule has 2 bridgehead atoms. The summed E-state index contributed by atoms with van der Waals surface area (Å²) >= 11 is 0. The molecule has 1 N–H and O–H groups in total. The quantitative estimate of drug-likeness (QED) is 0.898. The van der Waals surface area contributed by atoms with Crippen LogP contribution in [0.25, 0.3) is 0 Å². The van der Waals surface area contributed by atoms with Crippen molar-refractivity contribution in [1.29, 1.82) is 0 Å². The highest BCUT2D eigenvalue weighted by Gasteiger charge is 2.38. The average molecular weight is 327 g/mol. The monoisotopic (exact) mass is 327 g/mol. The van der Waals surface area contributed by atoms with E-state index in [2.05, 4.69) is 15.2 Å². The van der Waals surface area contributed by atoms with Gasteiger partial charge in [-0.2, -0.15) is 0 Å². The number of fused-ring (bicyclic) bond motifs is 2. The number of pyridine rings is 1. The smallest absolute Gasteiger partial charge is 0.255 e. The van der Waals surface area contributed by atoms with E-state index in [1.807, 2.05) is 12.1 Å². The first kappa shape index (κ1) is 15.9. The van der Waals surface area contributed by atoms with Crippen molar-refractivity contribution in [3.63, 3.8) is 0 Å². The van der Waals surface area contributed by atoms with Crippen LogP contribution < -0.4 is 10.2 Å². The van der Waals surface area contributed by atoms with Crippen molar-refractivity contribution in [3.8, 4) is 0 Å². The van der Waals surface area contributed by atoms with Gasteiger partial charge in [-0.05, 0) is 74.8 Å². The van der Waals surface area contributed by atoms with E-state index in [0.717, 1.165) is 55.2 Å². The van der Waals surface area contributed by atoms with E-state index in [0.29, 0.717) is 0 Å². The molecule has 130 valence electrons. The summed E-state index contributed by atoms with van der Waals surface area (Å²) < 4.78 is 0. The van der Waals surface area contributed by atoms with Crippen molar-refractivity contribution in [2.75, 3.05) is 24.5 Å². The molecule has 4 heteroatoms. The van der Waals surface area contributed by atoms with Crippen LogP contribution >= 0.6 is 0 Å². The van der Waals surface area contributed by atoms with Gasteiger partial charge in [-0.15, -0.1) is 0 Å². The number of hydrogen-bond donors (Lipinski definition) is 1. The standard InChI is InChI=1S/C20H29N3O/c24-20(22-10-8-17-14-15-6-7-16(17)13-15)18-5-4-9-21-19(18)23-11-2-1-3-12-23/h4-5,9,15-17H,1-3,6-8,10-14H2,(H,22,24)/t15-,16-,17+/m0/s1. The zero-order valence-corrected chi connectivity index (χ0v) is 14.5. The lowest BCUT2D eigenvalue weighted by molar-refractivity contribution is 0.0950. The van der Waals surface area contributed by atoms with E-state index >= 15 is 0 Å². The molecule has 3 fully saturated rings. The molecular formula is C20H29N3O. The van der Waals surface area contributed by atoms with Crippen LogP contribution in [0.15, 0.2) is 18.3 Å². The van der Waals surface area contributed by atoms with Crippen LogP contribution in [0.1, 0.15) is 61.7 Å². The number of anilines is 1. The first-order valence-electron chi connectivity index (χ1n) is 9.79. The topological polar surface area (TPSA) is 45.2 Å². The first-order chi connectivity index (χ1) is 11.8. The summed E-state index contributed by atoms with van der Waals surface area (Å²) in [4.78, 5) is 19.4. The molecule has 2 saturated carbocycles.